The van der Waals surface area contributed by atoms with E-state index in [4.69, 9.17) is 14.2 Å². The van der Waals surface area contributed by atoms with Crippen LogP contribution in [0.1, 0.15) is 239 Å². The van der Waals surface area contributed by atoms with Gasteiger partial charge in [0.2, 0.25) is 0 Å². The maximum absolute atomic E-state index is 12.6. The summed E-state index contributed by atoms with van der Waals surface area (Å²) in [5.41, 5.74) is 0. The summed E-state index contributed by atoms with van der Waals surface area (Å²) in [6, 6.07) is 0. The molecule has 0 saturated carbocycles. The van der Waals surface area contributed by atoms with Gasteiger partial charge in [-0.3, -0.25) is 14.4 Å². The fourth-order valence-electron chi connectivity index (χ4n) is 6.38. The van der Waals surface area contributed by atoms with E-state index in [0.717, 1.165) is 64.2 Å². The lowest BCUT2D eigenvalue weighted by Crippen LogP contribution is -2.30. The molecule has 0 saturated heterocycles. The van der Waals surface area contributed by atoms with Crippen LogP contribution in [0.15, 0.2) is 12.2 Å². The fraction of sp³-hybridized carbons (Fsp3) is 0.889. The van der Waals surface area contributed by atoms with Crippen molar-refractivity contribution in [3.8, 4) is 0 Å². The molecule has 0 amide bonds. The lowest BCUT2D eigenvalue weighted by atomic mass is 10.1. The quantitative estimate of drug-likeness (QED) is 0.0271. The second kappa shape index (κ2) is 40.9. The Morgan fingerprint density at radius 2 is 0.647 bits per heavy atom. The molecule has 1 atom stereocenters. The summed E-state index contributed by atoms with van der Waals surface area (Å²) in [7, 11) is 0. The van der Waals surface area contributed by atoms with Gasteiger partial charge in [0, 0.05) is 19.3 Å². The van der Waals surface area contributed by atoms with Gasteiger partial charge >= 0.3 is 17.9 Å². The van der Waals surface area contributed by atoms with Crippen LogP contribution in [0.25, 0.3) is 0 Å². The van der Waals surface area contributed by atoms with Crippen LogP contribution in [0.3, 0.4) is 0 Å². The Balaban J connectivity index is 4.30. The van der Waals surface area contributed by atoms with Crippen molar-refractivity contribution in [2.24, 2.45) is 0 Å². The van der Waals surface area contributed by atoms with Crippen molar-refractivity contribution in [1.29, 1.82) is 0 Å². The van der Waals surface area contributed by atoms with E-state index in [1.165, 1.54) is 135 Å². The predicted octanol–water partition coefficient (Wildman–Crippen LogP) is 13.9. The second-order valence-electron chi connectivity index (χ2n) is 15.0. The Bertz CT molecular complexity index is 794. The Labute approximate surface area is 316 Å². The van der Waals surface area contributed by atoms with Crippen molar-refractivity contribution in [2.75, 3.05) is 13.2 Å². The minimum Gasteiger partial charge on any atom is -0.462 e. The number of carbonyl (C=O) groups excluding carboxylic acids is 3. The number of allylic oxidation sites excluding steroid dienone is 2. The molecular weight excluding hydrogens is 636 g/mol. The van der Waals surface area contributed by atoms with E-state index in [0.29, 0.717) is 19.3 Å². The van der Waals surface area contributed by atoms with Gasteiger partial charge in [0.15, 0.2) is 6.10 Å². The normalized spacial score (nSPS) is 12.0. The Hall–Kier alpha value is -1.85. The number of hydrogen-bond acceptors (Lipinski definition) is 6. The van der Waals surface area contributed by atoms with Crippen molar-refractivity contribution in [2.45, 2.75) is 245 Å². The molecule has 6 heteroatoms. The SMILES string of the molecule is CCCCCCCC/C=C\CCCCCCCC(=O)OCC(COC(=O)CCCCCCCCCCC)OC(=O)CCCCCCCCCCC. The maximum Gasteiger partial charge on any atom is 0.306 e. The molecule has 0 bridgehead atoms. The highest BCUT2D eigenvalue weighted by Gasteiger charge is 2.19. The molecule has 0 fully saturated rings. The highest BCUT2D eigenvalue weighted by atomic mass is 16.6. The first-order chi connectivity index (χ1) is 25.0. The molecule has 0 aliphatic rings. The number of ether oxygens (including phenoxy) is 3. The monoisotopic (exact) mass is 721 g/mol. The number of rotatable bonds is 40. The highest BCUT2D eigenvalue weighted by molar-refractivity contribution is 5.71. The smallest absolute Gasteiger partial charge is 0.306 e. The molecule has 0 rings (SSSR count). The third kappa shape index (κ3) is 39.2. The lowest BCUT2D eigenvalue weighted by molar-refractivity contribution is -0.167. The highest BCUT2D eigenvalue weighted by Crippen LogP contribution is 2.14. The van der Waals surface area contributed by atoms with E-state index < -0.39 is 6.10 Å². The predicted molar refractivity (Wildman–Crippen MR) is 215 cm³/mol. The molecule has 0 N–H and O–H groups in total. The van der Waals surface area contributed by atoms with E-state index >= 15 is 0 Å². The van der Waals surface area contributed by atoms with Crippen LogP contribution in [-0.2, 0) is 28.6 Å². The first kappa shape index (κ1) is 49.1. The van der Waals surface area contributed by atoms with E-state index in [9.17, 15) is 14.4 Å². The zero-order valence-corrected chi connectivity index (χ0v) is 34.1. The van der Waals surface area contributed by atoms with Gasteiger partial charge in [0.25, 0.3) is 0 Å². The number of carbonyl (C=O) groups is 3. The number of unbranched alkanes of at least 4 members (excludes halogenated alkanes) is 27. The lowest BCUT2D eigenvalue weighted by Gasteiger charge is -2.18. The van der Waals surface area contributed by atoms with E-state index in [-0.39, 0.29) is 31.1 Å². The zero-order valence-electron chi connectivity index (χ0n) is 34.1. The Morgan fingerprint density at radius 1 is 0.373 bits per heavy atom. The molecular formula is C45H84O6. The molecule has 0 aliphatic heterocycles. The summed E-state index contributed by atoms with van der Waals surface area (Å²) in [5, 5.41) is 0. The average molecular weight is 721 g/mol. The zero-order chi connectivity index (χ0) is 37.3. The van der Waals surface area contributed by atoms with Gasteiger partial charge in [0.1, 0.15) is 13.2 Å². The van der Waals surface area contributed by atoms with Gasteiger partial charge in [0.05, 0.1) is 0 Å². The van der Waals surface area contributed by atoms with Crippen LogP contribution >= 0.6 is 0 Å². The summed E-state index contributed by atoms with van der Waals surface area (Å²) in [5.74, 6) is -0.877. The topological polar surface area (TPSA) is 78.9 Å². The van der Waals surface area contributed by atoms with Gasteiger partial charge in [-0.2, -0.15) is 0 Å². The molecule has 300 valence electrons. The summed E-state index contributed by atoms with van der Waals surface area (Å²) in [6.45, 7) is 6.59. The minimum atomic E-state index is -0.763. The second-order valence-corrected chi connectivity index (χ2v) is 15.0. The Morgan fingerprint density at radius 3 is 0.980 bits per heavy atom. The molecule has 0 radical (unpaired) electrons. The summed E-state index contributed by atoms with van der Waals surface area (Å²) in [6.07, 6.45) is 41.9. The standard InChI is InChI=1S/C45H84O6/c1-4-7-10-13-16-19-20-21-22-23-24-27-29-32-35-38-44(47)50-41-42(51-45(48)39-36-33-30-26-18-15-12-9-6-3)40-49-43(46)37-34-31-28-25-17-14-11-8-5-2/h21-22,42H,4-20,23-41H2,1-3H3/b22-21-. The van der Waals surface area contributed by atoms with Gasteiger partial charge in [-0.1, -0.05) is 187 Å². The molecule has 0 aromatic rings. The van der Waals surface area contributed by atoms with Crippen LogP contribution in [0.4, 0.5) is 0 Å². The number of esters is 3. The molecule has 0 spiro atoms. The molecule has 0 aromatic carbocycles. The largest absolute Gasteiger partial charge is 0.462 e. The molecule has 0 aromatic heterocycles. The van der Waals surface area contributed by atoms with E-state index in [1.807, 2.05) is 0 Å². The third-order valence-corrected chi connectivity index (χ3v) is 9.77. The maximum atomic E-state index is 12.6. The van der Waals surface area contributed by atoms with Gasteiger partial charge in [-0.25, -0.2) is 0 Å². The van der Waals surface area contributed by atoms with Crippen LogP contribution in [0.2, 0.25) is 0 Å². The van der Waals surface area contributed by atoms with Gasteiger partial charge in [-0.15, -0.1) is 0 Å². The van der Waals surface area contributed by atoms with Crippen LogP contribution in [0, 0.1) is 0 Å². The van der Waals surface area contributed by atoms with Crippen molar-refractivity contribution >= 4 is 17.9 Å². The van der Waals surface area contributed by atoms with Gasteiger partial charge in [-0.05, 0) is 44.9 Å². The van der Waals surface area contributed by atoms with Gasteiger partial charge < -0.3 is 14.2 Å². The first-order valence-corrected chi connectivity index (χ1v) is 22.2. The summed E-state index contributed by atoms with van der Waals surface area (Å²) in [4.78, 5) is 37.5. The van der Waals surface area contributed by atoms with Crippen molar-refractivity contribution in [1.82, 2.24) is 0 Å². The van der Waals surface area contributed by atoms with Crippen LogP contribution in [-0.4, -0.2) is 37.2 Å². The summed E-state index contributed by atoms with van der Waals surface area (Å²) < 4.78 is 16.6. The van der Waals surface area contributed by atoms with Crippen LogP contribution in [0.5, 0.6) is 0 Å². The molecule has 51 heavy (non-hydrogen) atoms. The fourth-order valence-corrected chi connectivity index (χ4v) is 6.38. The summed E-state index contributed by atoms with van der Waals surface area (Å²) >= 11 is 0. The average Bonchev–Trinajstić information content (AvgIpc) is 3.12. The molecule has 6 nitrogen and oxygen atoms in total. The Kier molecular flexibility index (Phi) is 39.4. The van der Waals surface area contributed by atoms with E-state index in [1.54, 1.807) is 0 Å². The first-order valence-electron chi connectivity index (χ1n) is 22.2. The van der Waals surface area contributed by atoms with Crippen molar-refractivity contribution in [3.05, 3.63) is 12.2 Å². The number of hydrogen-bond donors (Lipinski definition) is 0. The van der Waals surface area contributed by atoms with Crippen molar-refractivity contribution < 1.29 is 28.6 Å². The molecule has 0 heterocycles. The van der Waals surface area contributed by atoms with E-state index in [2.05, 4.69) is 32.9 Å². The molecule has 1 unspecified atom stereocenters. The molecule has 0 aliphatic carbocycles. The van der Waals surface area contributed by atoms with Crippen LogP contribution < -0.4 is 0 Å². The minimum absolute atomic E-state index is 0.0690. The van der Waals surface area contributed by atoms with Crippen molar-refractivity contribution in [3.63, 3.8) is 0 Å². The third-order valence-electron chi connectivity index (χ3n) is 9.77.